The van der Waals surface area contributed by atoms with Crippen molar-refractivity contribution < 1.29 is 4.74 Å². The zero-order valence-corrected chi connectivity index (χ0v) is 10.2. The number of benzene rings is 1. The number of hydrogen-bond donors (Lipinski definition) is 1. The van der Waals surface area contributed by atoms with Crippen LogP contribution in [-0.2, 0) is 0 Å². The number of H-pyrrole nitrogens is 1. The highest BCUT2D eigenvalue weighted by atomic mass is 32.1. The molecule has 17 heavy (non-hydrogen) atoms. The van der Waals surface area contributed by atoms with Gasteiger partial charge in [0.2, 0.25) is 5.88 Å². The summed E-state index contributed by atoms with van der Waals surface area (Å²) in [4.78, 5) is 14.5. The van der Waals surface area contributed by atoms with Gasteiger partial charge in [-0.1, -0.05) is 30.4 Å². The highest BCUT2D eigenvalue weighted by Gasteiger charge is 2.07. The van der Waals surface area contributed by atoms with Gasteiger partial charge in [-0.25, -0.2) is 9.36 Å². The Morgan fingerprint density at radius 1 is 1.35 bits per heavy atom. The average molecular weight is 248 g/mol. The maximum atomic E-state index is 11.9. The number of aromatic amines is 1. The molecule has 0 unspecified atom stereocenters. The van der Waals surface area contributed by atoms with E-state index in [-0.39, 0.29) is 5.69 Å². The van der Waals surface area contributed by atoms with E-state index in [0.29, 0.717) is 17.1 Å². The third kappa shape index (κ3) is 2.45. The number of nitrogens with one attached hydrogen (secondary N) is 1. The van der Waals surface area contributed by atoms with Crippen LogP contribution < -0.4 is 10.4 Å². The summed E-state index contributed by atoms with van der Waals surface area (Å²) >= 11 is 4.96. The fraction of sp³-hybridized carbons (Fsp3) is 0.167. The Morgan fingerprint density at radius 2 is 2.06 bits per heavy atom. The molecule has 2 aromatic rings. The minimum absolute atomic E-state index is 0.299. The molecule has 5 heteroatoms. The number of rotatable bonds is 3. The van der Waals surface area contributed by atoms with Gasteiger partial charge < -0.3 is 4.74 Å². The highest BCUT2D eigenvalue weighted by Crippen LogP contribution is 2.14. The SMILES string of the molecule is CCOc1cc(=S)[nH]c(=O)n1-c1ccccc1. The van der Waals surface area contributed by atoms with E-state index in [4.69, 9.17) is 17.0 Å². The molecule has 0 bridgehead atoms. The number of ether oxygens (including phenoxy) is 1. The standard InChI is InChI=1S/C12H12N2O2S/c1-2-16-11-8-10(17)13-12(15)14(11)9-6-4-3-5-7-9/h3-8H,2H2,1H3,(H,13,15,17). The van der Waals surface area contributed by atoms with Gasteiger partial charge in [-0.2, -0.15) is 0 Å². The van der Waals surface area contributed by atoms with Crippen molar-refractivity contribution in [3.05, 3.63) is 51.5 Å². The largest absolute Gasteiger partial charge is 0.479 e. The molecule has 0 saturated carbocycles. The summed E-state index contributed by atoms with van der Waals surface area (Å²) in [6.45, 7) is 2.34. The van der Waals surface area contributed by atoms with Crippen LogP contribution in [0.4, 0.5) is 0 Å². The molecule has 0 saturated heterocycles. The van der Waals surface area contributed by atoms with E-state index in [9.17, 15) is 4.79 Å². The van der Waals surface area contributed by atoms with E-state index < -0.39 is 0 Å². The van der Waals surface area contributed by atoms with Crippen LogP contribution in [0.15, 0.2) is 41.2 Å². The number of para-hydroxylation sites is 1. The van der Waals surface area contributed by atoms with Crippen LogP contribution in [0.3, 0.4) is 0 Å². The first-order valence-corrected chi connectivity index (χ1v) is 5.68. The van der Waals surface area contributed by atoms with Crippen LogP contribution in [0.25, 0.3) is 5.69 Å². The number of hydrogen-bond acceptors (Lipinski definition) is 3. The van der Waals surface area contributed by atoms with Gasteiger partial charge in [0.05, 0.1) is 12.3 Å². The molecule has 1 N–H and O–H groups in total. The summed E-state index contributed by atoms with van der Waals surface area (Å²) < 4.78 is 7.25. The molecule has 2 rings (SSSR count). The van der Waals surface area contributed by atoms with Crippen molar-refractivity contribution in [1.82, 2.24) is 9.55 Å². The van der Waals surface area contributed by atoms with Crippen LogP contribution in [0.2, 0.25) is 0 Å². The lowest BCUT2D eigenvalue weighted by molar-refractivity contribution is 0.315. The molecule has 0 fully saturated rings. The van der Waals surface area contributed by atoms with Crippen molar-refractivity contribution in [2.75, 3.05) is 6.61 Å². The van der Waals surface area contributed by atoms with Crippen LogP contribution in [0.5, 0.6) is 5.88 Å². The first-order valence-electron chi connectivity index (χ1n) is 5.27. The van der Waals surface area contributed by atoms with E-state index in [0.717, 1.165) is 5.69 Å². The molecule has 4 nitrogen and oxygen atoms in total. The quantitative estimate of drug-likeness (QED) is 0.848. The van der Waals surface area contributed by atoms with Crippen molar-refractivity contribution in [2.45, 2.75) is 6.92 Å². The fourth-order valence-electron chi connectivity index (χ4n) is 1.55. The lowest BCUT2D eigenvalue weighted by Gasteiger charge is -2.11. The Bertz CT molecular complexity index is 616. The van der Waals surface area contributed by atoms with Crippen LogP contribution in [0.1, 0.15) is 6.92 Å². The van der Waals surface area contributed by atoms with Gasteiger partial charge in [0.25, 0.3) is 0 Å². The molecule has 0 radical (unpaired) electrons. The molecule has 0 aliphatic carbocycles. The fourth-order valence-corrected chi connectivity index (χ4v) is 1.74. The lowest BCUT2D eigenvalue weighted by Crippen LogP contribution is -2.23. The van der Waals surface area contributed by atoms with Gasteiger partial charge in [-0.05, 0) is 19.1 Å². The average Bonchev–Trinajstić information content (AvgIpc) is 2.30. The maximum absolute atomic E-state index is 11.9. The van der Waals surface area contributed by atoms with E-state index in [2.05, 4.69) is 4.98 Å². The Balaban J connectivity index is 2.68. The summed E-state index contributed by atoms with van der Waals surface area (Å²) in [6.07, 6.45) is 0. The Hall–Kier alpha value is -1.88. The zero-order valence-electron chi connectivity index (χ0n) is 9.34. The third-order valence-electron chi connectivity index (χ3n) is 2.21. The first-order chi connectivity index (χ1) is 8.22. The minimum atomic E-state index is -0.299. The molecular weight excluding hydrogens is 236 g/mol. The van der Waals surface area contributed by atoms with E-state index in [1.807, 2.05) is 37.3 Å². The van der Waals surface area contributed by atoms with Gasteiger partial charge in [-0.15, -0.1) is 0 Å². The van der Waals surface area contributed by atoms with Crippen LogP contribution in [-0.4, -0.2) is 16.2 Å². The van der Waals surface area contributed by atoms with Gasteiger partial charge in [0, 0.05) is 6.07 Å². The Morgan fingerprint density at radius 3 is 2.71 bits per heavy atom. The van der Waals surface area contributed by atoms with E-state index in [1.54, 1.807) is 6.07 Å². The molecule has 88 valence electrons. The van der Waals surface area contributed by atoms with Gasteiger partial charge in [-0.3, -0.25) is 4.98 Å². The first kappa shape index (κ1) is 11.6. The van der Waals surface area contributed by atoms with Crippen LogP contribution >= 0.6 is 12.2 Å². The number of aromatic nitrogens is 2. The lowest BCUT2D eigenvalue weighted by atomic mass is 10.3. The van der Waals surface area contributed by atoms with Crippen molar-refractivity contribution in [1.29, 1.82) is 0 Å². The molecule has 1 heterocycles. The van der Waals surface area contributed by atoms with Gasteiger partial charge >= 0.3 is 5.69 Å². The predicted molar refractivity (Wildman–Crippen MR) is 68.4 cm³/mol. The molecule has 0 atom stereocenters. The summed E-state index contributed by atoms with van der Waals surface area (Å²) in [5.41, 5.74) is 0.444. The third-order valence-corrected chi connectivity index (χ3v) is 2.43. The number of nitrogens with zero attached hydrogens (tertiary/aromatic N) is 1. The van der Waals surface area contributed by atoms with Crippen molar-refractivity contribution in [3.8, 4) is 11.6 Å². The normalized spacial score (nSPS) is 10.2. The van der Waals surface area contributed by atoms with Gasteiger partial charge in [0.1, 0.15) is 4.64 Å². The predicted octanol–water partition coefficient (Wildman–Crippen LogP) is 2.29. The molecule has 0 amide bonds. The molecule has 1 aromatic heterocycles. The van der Waals surface area contributed by atoms with E-state index >= 15 is 0 Å². The summed E-state index contributed by atoms with van der Waals surface area (Å²) in [5, 5.41) is 0. The van der Waals surface area contributed by atoms with Gasteiger partial charge in [0.15, 0.2) is 0 Å². The topological polar surface area (TPSA) is 47.0 Å². The summed E-state index contributed by atoms with van der Waals surface area (Å²) in [5.74, 6) is 0.451. The maximum Gasteiger partial charge on any atom is 0.333 e. The molecular formula is C12H12N2O2S. The second-order valence-corrected chi connectivity index (χ2v) is 3.82. The molecule has 1 aromatic carbocycles. The van der Waals surface area contributed by atoms with Crippen molar-refractivity contribution >= 4 is 12.2 Å². The minimum Gasteiger partial charge on any atom is -0.479 e. The smallest absolute Gasteiger partial charge is 0.333 e. The van der Waals surface area contributed by atoms with Crippen molar-refractivity contribution in [3.63, 3.8) is 0 Å². The second kappa shape index (κ2) is 4.97. The summed E-state index contributed by atoms with van der Waals surface area (Å²) in [7, 11) is 0. The highest BCUT2D eigenvalue weighted by molar-refractivity contribution is 7.71. The molecule has 0 aliphatic rings. The second-order valence-electron chi connectivity index (χ2n) is 3.38. The van der Waals surface area contributed by atoms with Crippen molar-refractivity contribution in [2.24, 2.45) is 0 Å². The molecule has 0 spiro atoms. The molecule has 0 aliphatic heterocycles. The van der Waals surface area contributed by atoms with Crippen LogP contribution in [0, 0.1) is 4.64 Å². The summed E-state index contributed by atoms with van der Waals surface area (Å²) in [6, 6.07) is 10.9. The monoisotopic (exact) mass is 248 g/mol. The van der Waals surface area contributed by atoms with E-state index in [1.165, 1.54) is 4.57 Å². The zero-order chi connectivity index (χ0) is 12.3. The Kier molecular flexibility index (Phi) is 3.39. The Labute approximate surface area is 104 Å².